The number of nitrogens with zero attached hydrogens (tertiary/aromatic N) is 1. The topological polar surface area (TPSA) is 22.1 Å². The summed E-state index contributed by atoms with van der Waals surface area (Å²) >= 11 is 0. The van der Waals surface area contributed by atoms with Crippen molar-refractivity contribution in [2.24, 2.45) is 0 Å². The smallest absolute Gasteiger partial charge is 0.416 e. The quantitative estimate of drug-likeness (QED) is 0.358. The zero-order chi connectivity index (χ0) is 22.3. The molecule has 0 bridgehead atoms. The van der Waals surface area contributed by atoms with Crippen LogP contribution in [0.3, 0.4) is 0 Å². The molecular weight excluding hydrogens is 399 g/mol. The number of para-hydroxylation sites is 1. The summed E-state index contributed by atoms with van der Waals surface area (Å²) in [6, 6.07) is 20.3. The molecule has 1 unspecified atom stereocenters. The summed E-state index contributed by atoms with van der Waals surface area (Å²) in [7, 11) is 0. The first-order chi connectivity index (χ1) is 14.9. The third-order valence-electron chi connectivity index (χ3n) is 5.43. The SMILES string of the molecule is C#CC(CC)(CCCc1cccc(Oc2ccccc2)n1)c1ccc(C(F)(F)F)cc1. The minimum absolute atomic E-state index is 0.519. The molecule has 0 saturated carbocycles. The van der Waals surface area contributed by atoms with E-state index in [0.717, 1.165) is 29.8 Å². The van der Waals surface area contributed by atoms with Crippen molar-refractivity contribution in [3.8, 4) is 24.0 Å². The third kappa shape index (κ3) is 5.67. The summed E-state index contributed by atoms with van der Waals surface area (Å²) in [5, 5.41) is 0. The first kappa shape index (κ1) is 22.4. The van der Waals surface area contributed by atoms with Gasteiger partial charge in [-0.1, -0.05) is 49.2 Å². The van der Waals surface area contributed by atoms with Gasteiger partial charge in [-0.15, -0.1) is 6.42 Å². The number of hydrogen-bond donors (Lipinski definition) is 0. The Hall–Kier alpha value is -3.26. The van der Waals surface area contributed by atoms with Crippen molar-refractivity contribution in [2.45, 2.75) is 44.2 Å². The summed E-state index contributed by atoms with van der Waals surface area (Å²) in [6.07, 6.45) is 4.23. The van der Waals surface area contributed by atoms with Crippen molar-refractivity contribution in [1.82, 2.24) is 4.98 Å². The number of pyridine rings is 1. The van der Waals surface area contributed by atoms with E-state index in [1.807, 2.05) is 49.4 Å². The summed E-state index contributed by atoms with van der Waals surface area (Å²) in [5.74, 6) is 4.08. The lowest BCUT2D eigenvalue weighted by molar-refractivity contribution is -0.137. The molecule has 0 amide bonds. The molecule has 3 rings (SSSR count). The molecule has 2 nitrogen and oxygen atoms in total. The second-order valence-electron chi connectivity index (χ2n) is 7.39. The molecule has 1 heterocycles. The Balaban J connectivity index is 1.67. The fourth-order valence-corrected chi connectivity index (χ4v) is 3.60. The van der Waals surface area contributed by atoms with Gasteiger partial charge in [-0.25, -0.2) is 4.98 Å². The van der Waals surface area contributed by atoms with E-state index in [4.69, 9.17) is 11.2 Å². The number of rotatable bonds is 8. The van der Waals surface area contributed by atoms with Crippen LogP contribution in [0.25, 0.3) is 0 Å². The summed E-state index contributed by atoms with van der Waals surface area (Å²) < 4.78 is 44.4. The highest BCUT2D eigenvalue weighted by Crippen LogP contribution is 2.36. The predicted molar refractivity (Wildman–Crippen MR) is 116 cm³/mol. The monoisotopic (exact) mass is 423 g/mol. The van der Waals surface area contributed by atoms with Crippen molar-refractivity contribution in [2.75, 3.05) is 0 Å². The van der Waals surface area contributed by atoms with Crippen molar-refractivity contribution in [1.29, 1.82) is 0 Å². The first-order valence-corrected chi connectivity index (χ1v) is 10.2. The van der Waals surface area contributed by atoms with Gasteiger partial charge >= 0.3 is 6.18 Å². The minimum Gasteiger partial charge on any atom is -0.439 e. The van der Waals surface area contributed by atoms with Gasteiger partial charge in [0.15, 0.2) is 0 Å². The van der Waals surface area contributed by atoms with Crippen LogP contribution in [0.1, 0.15) is 43.0 Å². The average Bonchev–Trinajstić information content (AvgIpc) is 2.78. The number of hydrogen-bond acceptors (Lipinski definition) is 2. The molecule has 2 aromatic carbocycles. The van der Waals surface area contributed by atoms with Crippen LogP contribution in [0.5, 0.6) is 11.6 Å². The van der Waals surface area contributed by atoms with Crippen LogP contribution < -0.4 is 4.74 Å². The van der Waals surface area contributed by atoms with Gasteiger partial charge < -0.3 is 4.74 Å². The molecular formula is C26H24F3NO. The van der Waals surface area contributed by atoms with Gasteiger partial charge in [-0.2, -0.15) is 13.2 Å². The number of halogens is 3. The Morgan fingerprint density at radius 1 is 0.903 bits per heavy atom. The number of terminal acetylenes is 1. The molecule has 0 aliphatic rings. The lowest BCUT2D eigenvalue weighted by atomic mass is 9.74. The van der Waals surface area contributed by atoms with Crippen LogP contribution >= 0.6 is 0 Å². The van der Waals surface area contributed by atoms with Gasteiger partial charge in [0.1, 0.15) is 5.75 Å². The molecule has 3 aromatic rings. The summed E-state index contributed by atoms with van der Waals surface area (Å²) in [6.45, 7) is 1.96. The molecule has 0 fully saturated rings. The summed E-state index contributed by atoms with van der Waals surface area (Å²) in [5.41, 5.74) is 0.336. The van der Waals surface area contributed by atoms with Gasteiger partial charge in [0.25, 0.3) is 0 Å². The maximum atomic E-state index is 12.9. The maximum Gasteiger partial charge on any atom is 0.416 e. The van der Waals surface area contributed by atoms with E-state index in [-0.39, 0.29) is 0 Å². The maximum absolute atomic E-state index is 12.9. The number of aromatic nitrogens is 1. The van der Waals surface area contributed by atoms with Gasteiger partial charge in [0.05, 0.1) is 11.0 Å². The standard InChI is InChI=1S/C26H24F3NO/c1-3-25(4-2,20-15-17-21(18-16-20)26(27,28)29)19-9-11-22-10-8-14-24(30-22)31-23-12-6-5-7-13-23/h1,5-8,10,12-18H,4,9,11,19H2,2H3. The van der Waals surface area contributed by atoms with Gasteiger partial charge in [-0.3, -0.25) is 0 Å². The number of alkyl halides is 3. The van der Waals surface area contributed by atoms with Crippen molar-refractivity contribution < 1.29 is 17.9 Å². The van der Waals surface area contributed by atoms with Crippen LogP contribution in [0, 0.1) is 12.3 Å². The van der Waals surface area contributed by atoms with E-state index < -0.39 is 17.2 Å². The van der Waals surface area contributed by atoms with E-state index >= 15 is 0 Å². The van der Waals surface area contributed by atoms with Crippen molar-refractivity contribution >= 4 is 0 Å². The Morgan fingerprint density at radius 3 is 2.19 bits per heavy atom. The molecule has 1 atom stereocenters. The number of aryl methyl sites for hydroxylation is 1. The number of benzene rings is 2. The second-order valence-corrected chi connectivity index (χ2v) is 7.39. The molecule has 0 radical (unpaired) electrons. The Morgan fingerprint density at radius 2 is 1.58 bits per heavy atom. The molecule has 0 saturated heterocycles. The second kappa shape index (κ2) is 9.70. The number of ether oxygens (including phenoxy) is 1. The molecule has 160 valence electrons. The first-order valence-electron chi connectivity index (χ1n) is 10.2. The van der Waals surface area contributed by atoms with Crippen LogP contribution in [0.2, 0.25) is 0 Å². The van der Waals surface area contributed by atoms with E-state index in [1.165, 1.54) is 12.1 Å². The van der Waals surface area contributed by atoms with E-state index in [9.17, 15) is 13.2 Å². The van der Waals surface area contributed by atoms with Gasteiger partial charge in [-0.05, 0) is 61.6 Å². The minimum atomic E-state index is -4.36. The fraction of sp³-hybridized carbons (Fsp3) is 0.269. The van der Waals surface area contributed by atoms with Crippen molar-refractivity contribution in [3.05, 3.63) is 89.6 Å². The molecule has 0 N–H and O–H groups in total. The lowest BCUT2D eigenvalue weighted by Crippen LogP contribution is -2.23. The average molecular weight is 423 g/mol. The normalized spacial score (nSPS) is 13.3. The largest absolute Gasteiger partial charge is 0.439 e. The lowest BCUT2D eigenvalue weighted by Gasteiger charge is -2.28. The highest BCUT2D eigenvalue weighted by atomic mass is 19.4. The highest BCUT2D eigenvalue weighted by Gasteiger charge is 2.32. The molecule has 5 heteroatoms. The van der Waals surface area contributed by atoms with Crippen LogP contribution in [0.4, 0.5) is 13.2 Å². The predicted octanol–water partition coefficient (Wildman–Crippen LogP) is 7.20. The third-order valence-corrected chi connectivity index (χ3v) is 5.43. The fourth-order valence-electron chi connectivity index (χ4n) is 3.60. The Kier molecular flexibility index (Phi) is 7.02. The van der Waals surface area contributed by atoms with Crippen LogP contribution in [-0.4, -0.2) is 4.98 Å². The van der Waals surface area contributed by atoms with Gasteiger partial charge in [0, 0.05) is 11.8 Å². The molecule has 1 aromatic heterocycles. The zero-order valence-corrected chi connectivity index (χ0v) is 17.3. The van der Waals surface area contributed by atoms with Crippen LogP contribution in [-0.2, 0) is 18.0 Å². The van der Waals surface area contributed by atoms with Crippen LogP contribution in [0.15, 0.2) is 72.8 Å². The van der Waals surface area contributed by atoms with Crippen molar-refractivity contribution in [3.63, 3.8) is 0 Å². The van der Waals surface area contributed by atoms with E-state index in [0.29, 0.717) is 30.9 Å². The zero-order valence-electron chi connectivity index (χ0n) is 17.3. The van der Waals surface area contributed by atoms with E-state index in [2.05, 4.69) is 10.9 Å². The Bertz CT molecular complexity index is 1020. The van der Waals surface area contributed by atoms with Gasteiger partial charge in [0.2, 0.25) is 5.88 Å². The summed E-state index contributed by atoms with van der Waals surface area (Å²) in [4.78, 5) is 4.55. The Labute approximate surface area is 181 Å². The molecule has 31 heavy (non-hydrogen) atoms. The molecule has 0 spiro atoms. The molecule has 0 aliphatic heterocycles. The van der Waals surface area contributed by atoms with E-state index in [1.54, 1.807) is 6.07 Å². The molecule has 0 aliphatic carbocycles. The highest BCUT2D eigenvalue weighted by molar-refractivity contribution is 5.37.